The third-order valence-corrected chi connectivity index (χ3v) is 9.18. The van der Waals surface area contributed by atoms with Crippen molar-refractivity contribution in [3.8, 4) is 16.5 Å². The highest BCUT2D eigenvalue weighted by Crippen LogP contribution is 2.36. The second-order valence-corrected chi connectivity index (χ2v) is 12.0. The lowest BCUT2D eigenvalue weighted by Crippen LogP contribution is -2.36. The number of carbonyl (C=O) groups excluding carboxylic acids is 1. The Morgan fingerprint density at radius 1 is 1.27 bits per heavy atom. The third kappa shape index (κ3) is 5.73. The lowest BCUT2D eigenvalue weighted by Gasteiger charge is -2.31. The van der Waals surface area contributed by atoms with Gasteiger partial charge in [0.1, 0.15) is 5.69 Å². The first kappa shape index (κ1) is 25.5. The van der Waals surface area contributed by atoms with Gasteiger partial charge < -0.3 is 14.4 Å². The monoisotopic (exact) mass is 544 g/mol. The van der Waals surface area contributed by atoms with Gasteiger partial charge in [0.15, 0.2) is 5.01 Å². The summed E-state index contributed by atoms with van der Waals surface area (Å²) < 4.78 is 38.6. The number of anilines is 1. The van der Waals surface area contributed by atoms with E-state index in [9.17, 15) is 13.2 Å². The molecular weight excluding hydrogens is 516 g/mol. The predicted molar refractivity (Wildman–Crippen MR) is 138 cm³/mol. The van der Waals surface area contributed by atoms with Crippen LogP contribution in [0.3, 0.4) is 0 Å². The molecule has 0 radical (unpaired) electrons. The van der Waals surface area contributed by atoms with Gasteiger partial charge in [-0.25, -0.2) is 18.4 Å². The van der Waals surface area contributed by atoms with Crippen molar-refractivity contribution in [1.29, 1.82) is 0 Å². The van der Waals surface area contributed by atoms with Crippen molar-refractivity contribution in [2.24, 2.45) is 5.92 Å². The van der Waals surface area contributed by atoms with Crippen molar-refractivity contribution in [2.75, 3.05) is 31.6 Å². The maximum absolute atomic E-state index is 13.6. The van der Waals surface area contributed by atoms with Crippen LogP contribution in [0.5, 0.6) is 5.88 Å². The van der Waals surface area contributed by atoms with Crippen LogP contribution in [-0.4, -0.2) is 71.3 Å². The Kier molecular flexibility index (Phi) is 7.36. The lowest BCUT2D eigenvalue weighted by atomic mass is 9.94. The molecule has 13 heteroatoms. The smallest absolute Gasteiger partial charge is 0.283 e. The number of hydrogen-bond donors (Lipinski definition) is 1. The molecular formula is C24H28N6O5S2. The van der Waals surface area contributed by atoms with Crippen molar-refractivity contribution in [1.82, 2.24) is 24.8 Å². The van der Waals surface area contributed by atoms with Crippen molar-refractivity contribution in [3.63, 3.8) is 0 Å². The molecule has 1 aliphatic carbocycles. The second kappa shape index (κ2) is 10.7. The van der Waals surface area contributed by atoms with Crippen LogP contribution in [0, 0.1) is 5.92 Å². The summed E-state index contributed by atoms with van der Waals surface area (Å²) in [4.78, 5) is 33.4. The minimum Gasteiger partial charge on any atom is -0.477 e. The molecule has 37 heavy (non-hydrogen) atoms. The van der Waals surface area contributed by atoms with Crippen LogP contribution < -0.4 is 9.46 Å². The Bertz CT molecular complexity index is 1370. The molecule has 2 atom stereocenters. The lowest BCUT2D eigenvalue weighted by molar-refractivity contribution is 0.0648. The number of nitrogens with one attached hydrogen (secondary N) is 1. The predicted octanol–water partition coefficient (Wildman–Crippen LogP) is 3.15. The van der Waals surface area contributed by atoms with Gasteiger partial charge in [-0.1, -0.05) is 0 Å². The van der Waals surface area contributed by atoms with Crippen molar-refractivity contribution >= 4 is 33.0 Å². The first-order chi connectivity index (χ1) is 17.9. The summed E-state index contributed by atoms with van der Waals surface area (Å²) in [5, 5.41) is -0.0407. The highest BCUT2D eigenvalue weighted by atomic mass is 32.2. The molecule has 3 aromatic rings. The molecule has 5 rings (SSSR count). The molecule has 1 N–H and O–H groups in total. The highest BCUT2D eigenvalue weighted by Gasteiger charge is 2.37. The maximum atomic E-state index is 13.6. The molecule has 1 aliphatic heterocycles. The zero-order chi connectivity index (χ0) is 26.0. The largest absolute Gasteiger partial charge is 0.477 e. The molecule has 0 unspecified atom stereocenters. The number of hydrogen-bond acceptors (Lipinski definition) is 10. The molecule has 0 bridgehead atoms. The fraction of sp³-hybridized carbons (Fsp3) is 0.458. The Balaban J connectivity index is 1.40. The van der Waals surface area contributed by atoms with Crippen LogP contribution >= 0.6 is 11.3 Å². The molecule has 1 saturated carbocycles. The van der Waals surface area contributed by atoms with Gasteiger partial charge in [-0.2, -0.15) is 0 Å². The van der Waals surface area contributed by atoms with E-state index in [1.807, 2.05) is 6.92 Å². The van der Waals surface area contributed by atoms with Crippen LogP contribution in [-0.2, 0) is 14.8 Å². The summed E-state index contributed by atoms with van der Waals surface area (Å²) in [5.41, 5.74) is 1.60. The van der Waals surface area contributed by atoms with Gasteiger partial charge in [0.2, 0.25) is 15.9 Å². The molecule has 0 spiro atoms. The maximum Gasteiger partial charge on any atom is 0.283 e. The van der Waals surface area contributed by atoms with Gasteiger partial charge in [-0.15, -0.1) is 11.3 Å². The number of ether oxygens (including phenoxy) is 2. The first-order valence-electron chi connectivity index (χ1n) is 12.1. The van der Waals surface area contributed by atoms with Gasteiger partial charge in [-0.05, 0) is 38.3 Å². The fourth-order valence-electron chi connectivity index (χ4n) is 4.31. The van der Waals surface area contributed by atoms with Crippen molar-refractivity contribution < 1.29 is 22.7 Å². The second-order valence-electron chi connectivity index (χ2n) is 9.01. The molecule has 3 aromatic heterocycles. The van der Waals surface area contributed by atoms with E-state index >= 15 is 0 Å². The van der Waals surface area contributed by atoms with E-state index in [1.54, 1.807) is 42.7 Å². The Morgan fingerprint density at radius 2 is 2.11 bits per heavy atom. The average Bonchev–Trinajstić information content (AvgIpc) is 3.41. The number of carbonyl (C=O) groups is 1. The zero-order valence-electron chi connectivity index (χ0n) is 20.5. The topological polar surface area (TPSA) is 136 Å². The average molecular weight is 545 g/mol. The van der Waals surface area contributed by atoms with E-state index in [4.69, 9.17) is 9.47 Å². The summed E-state index contributed by atoms with van der Waals surface area (Å²) in [6.45, 7) is 3.41. The number of aromatic nitrogens is 4. The van der Waals surface area contributed by atoms with E-state index in [0.29, 0.717) is 65.5 Å². The number of pyridine rings is 1. The van der Waals surface area contributed by atoms with Crippen LogP contribution in [0.15, 0.2) is 36.9 Å². The summed E-state index contributed by atoms with van der Waals surface area (Å²) in [6.07, 6.45) is 8.40. The first-order valence-corrected chi connectivity index (χ1v) is 14.5. The quantitative estimate of drug-likeness (QED) is 0.408. The minimum atomic E-state index is -3.42. The summed E-state index contributed by atoms with van der Waals surface area (Å²) in [5.74, 6) is 0.140. The summed E-state index contributed by atoms with van der Waals surface area (Å²) in [7, 11) is -1.71. The number of thiazole rings is 1. The number of sulfonamides is 1. The van der Waals surface area contributed by atoms with E-state index in [0.717, 1.165) is 6.42 Å². The minimum absolute atomic E-state index is 0.00455. The summed E-state index contributed by atoms with van der Waals surface area (Å²) >= 11 is 1.22. The normalized spacial score (nSPS) is 18.4. The van der Waals surface area contributed by atoms with Gasteiger partial charge >= 0.3 is 0 Å². The highest BCUT2D eigenvalue weighted by molar-refractivity contribution is 7.93. The van der Waals surface area contributed by atoms with Crippen LogP contribution in [0.2, 0.25) is 0 Å². The Morgan fingerprint density at radius 3 is 2.84 bits per heavy atom. The van der Waals surface area contributed by atoms with Gasteiger partial charge in [0.25, 0.3) is 5.91 Å². The van der Waals surface area contributed by atoms with E-state index < -0.39 is 16.1 Å². The van der Waals surface area contributed by atoms with E-state index in [1.165, 1.54) is 17.5 Å². The Labute approximate surface area is 219 Å². The van der Waals surface area contributed by atoms with E-state index in [2.05, 4.69) is 24.7 Å². The van der Waals surface area contributed by atoms with Gasteiger partial charge in [0, 0.05) is 32.0 Å². The SMILES string of the molecule is CCOc1cncc(-c2cnc(C(=O)N(C)[C@H](c3cc(NS(=O)(=O)C4CC4)ccn3)[C@@H]3CCOC3)s2)n1. The van der Waals surface area contributed by atoms with Gasteiger partial charge in [-0.3, -0.25) is 19.5 Å². The third-order valence-electron chi connectivity index (χ3n) is 6.30. The van der Waals surface area contributed by atoms with Crippen molar-refractivity contribution in [3.05, 3.63) is 47.6 Å². The molecule has 1 saturated heterocycles. The van der Waals surface area contributed by atoms with Crippen molar-refractivity contribution in [2.45, 2.75) is 37.5 Å². The molecule has 0 aromatic carbocycles. The number of amides is 1. The molecule has 4 heterocycles. The molecule has 196 valence electrons. The number of rotatable bonds is 10. The molecule has 1 amide bonds. The zero-order valence-corrected chi connectivity index (χ0v) is 22.2. The fourth-order valence-corrected chi connectivity index (χ4v) is 6.54. The summed E-state index contributed by atoms with van der Waals surface area (Å²) in [6, 6.07) is 2.90. The van der Waals surface area contributed by atoms with Crippen LogP contribution in [0.1, 0.15) is 47.7 Å². The molecule has 2 aliphatic rings. The van der Waals surface area contributed by atoms with Crippen LogP contribution in [0.25, 0.3) is 10.6 Å². The molecule has 2 fully saturated rings. The number of nitrogens with zero attached hydrogens (tertiary/aromatic N) is 5. The van der Waals surface area contributed by atoms with E-state index in [-0.39, 0.29) is 17.1 Å². The van der Waals surface area contributed by atoms with Crippen LogP contribution in [0.4, 0.5) is 5.69 Å². The Hall–Kier alpha value is -3.16. The van der Waals surface area contributed by atoms with Gasteiger partial charge in [0.05, 0.1) is 53.2 Å². The standard InChI is InChI=1S/C24H28N6O5S2/c1-3-35-21-13-25-11-19(28-21)20-12-27-23(36-20)24(31)30(2)22(15-7-9-34-14-15)18-10-16(6-8-26-18)29-37(32,33)17-4-5-17/h6,8,10-13,15,17,22H,3-5,7,9,14H2,1-2H3,(H,26,29)/t15-,22+/m1/s1. The molecule has 11 nitrogen and oxygen atoms in total.